The third-order valence-corrected chi connectivity index (χ3v) is 3.39. The third kappa shape index (κ3) is 2.70. The van der Waals surface area contributed by atoms with E-state index in [0.29, 0.717) is 11.3 Å². The smallest absolute Gasteiger partial charge is 0.399 e. The highest BCUT2D eigenvalue weighted by Crippen LogP contribution is 2.33. The van der Waals surface area contributed by atoms with Crippen molar-refractivity contribution in [2.75, 3.05) is 5.73 Å². The van der Waals surface area contributed by atoms with Gasteiger partial charge in [0, 0.05) is 5.69 Å². The van der Waals surface area contributed by atoms with E-state index in [1.807, 2.05) is 24.3 Å². The summed E-state index contributed by atoms with van der Waals surface area (Å²) in [4.78, 5) is 0. The maximum Gasteiger partial charge on any atom is 0.416 e. The molecule has 3 aromatic rings. The summed E-state index contributed by atoms with van der Waals surface area (Å²) in [6.07, 6.45) is -4.33. The van der Waals surface area contributed by atoms with Gasteiger partial charge in [-0.3, -0.25) is 0 Å². The highest BCUT2D eigenvalue weighted by molar-refractivity contribution is 5.89. The van der Waals surface area contributed by atoms with E-state index in [0.717, 1.165) is 22.4 Å². The van der Waals surface area contributed by atoms with Crippen LogP contribution in [0, 0.1) is 0 Å². The molecule has 0 atom stereocenters. The summed E-state index contributed by atoms with van der Waals surface area (Å²) in [6.45, 7) is 0. The van der Waals surface area contributed by atoms with Crippen molar-refractivity contribution in [3.63, 3.8) is 0 Å². The largest absolute Gasteiger partial charge is 0.416 e. The molecule has 106 valence electrons. The van der Waals surface area contributed by atoms with Crippen molar-refractivity contribution in [2.24, 2.45) is 0 Å². The fourth-order valence-electron chi connectivity index (χ4n) is 2.32. The van der Waals surface area contributed by atoms with Gasteiger partial charge in [0.1, 0.15) is 0 Å². The number of alkyl halides is 3. The number of anilines is 1. The fraction of sp³-hybridized carbons (Fsp3) is 0.0588. The van der Waals surface area contributed by atoms with E-state index in [2.05, 4.69) is 0 Å². The Morgan fingerprint density at radius 2 is 1.38 bits per heavy atom. The molecule has 0 aliphatic carbocycles. The molecule has 2 N–H and O–H groups in total. The van der Waals surface area contributed by atoms with Crippen LogP contribution >= 0.6 is 0 Å². The molecule has 0 heterocycles. The lowest BCUT2D eigenvalue weighted by Gasteiger charge is -2.09. The minimum atomic E-state index is -4.33. The lowest BCUT2D eigenvalue weighted by atomic mass is 9.99. The van der Waals surface area contributed by atoms with Gasteiger partial charge in [0.2, 0.25) is 0 Å². The molecule has 21 heavy (non-hydrogen) atoms. The zero-order chi connectivity index (χ0) is 15.0. The molecule has 4 heteroatoms. The van der Waals surface area contributed by atoms with E-state index >= 15 is 0 Å². The predicted octanol–water partition coefficient (Wildman–Crippen LogP) is 5.11. The quantitative estimate of drug-likeness (QED) is 0.618. The highest BCUT2D eigenvalue weighted by atomic mass is 19.4. The number of fused-ring (bicyclic) bond motifs is 1. The van der Waals surface area contributed by atoms with Gasteiger partial charge in [-0.15, -0.1) is 0 Å². The molecule has 0 spiro atoms. The Morgan fingerprint density at radius 3 is 2.14 bits per heavy atom. The van der Waals surface area contributed by atoms with E-state index in [4.69, 9.17) is 5.73 Å². The molecule has 0 bridgehead atoms. The Morgan fingerprint density at radius 1 is 0.714 bits per heavy atom. The van der Waals surface area contributed by atoms with Gasteiger partial charge in [-0.1, -0.05) is 30.3 Å². The van der Waals surface area contributed by atoms with Gasteiger partial charge in [-0.25, -0.2) is 0 Å². The molecule has 1 nitrogen and oxygen atoms in total. The first-order chi connectivity index (χ1) is 9.93. The lowest BCUT2D eigenvalue weighted by Crippen LogP contribution is -2.04. The van der Waals surface area contributed by atoms with E-state index < -0.39 is 11.7 Å². The minimum Gasteiger partial charge on any atom is -0.399 e. The highest BCUT2D eigenvalue weighted by Gasteiger charge is 2.30. The molecule has 0 unspecified atom stereocenters. The average molecular weight is 287 g/mol. The SMILES string of the molecule is Nc1ccc2cc(-c3cccc(C(F)(F)F)c3)ccc2c1. The van der Waals surface area contributed by atoms with Gasteiger partial charge < -0.3 is 5.73 Å². The normalized spacial score (nSPS) is 11.8. The van der Waals surface area contributed by atoms with Crippen LogP contribution in [0.15, 0.2) is 60.7 Å². The number of halogens is 3. The summed E-state index contributed by atoms with van der Waals surface area (Å²) in [7, 11) is 0. The zero-order valence-corrected chi connectivity index (χ0v) is 11.0. The number of hydrogen-bond donors (Lipinski definition) is 1. The van der Waals surface area contributed by atoms with Gasteiger partial charge in [0.25, 0.3) is 0 Å². The van der Waals surface area contributed by atoms with Crippen LogP contribution < -0.4 is 5.73 Å². The summed E-state index contributed by atoms with van der Waals surface area (Å²) in [5, 5.41) is 1.91. The minimum absolute atomic E-state index is 0.545. The summed E-state index contributed by atoms with van der Waals surface area (Å²) >= 11 is 0. The predicted molar refractivity (Wildman–Crippen MR) is 78.8 cm³/mol. The Labute approximate surface area is 119 Å². The van der Waals surface area contributed by atoms with Crippen molar-refractivity contribution in [1.82, 2.24) is 0 Å². The fourth-order valence-corrected chi connectivity index (χ4v) is 2.32. The molecule has 3 aromatic carbocycles. The van der Waals surface area contributed by atoms with Crippen LogP contribution in [0.1, 0.15) is 5.56 Å². The van der Waals surface area contributed by atoms with Gasteiger partial charge in [0.15, 0.2) is 0 Å². The second kappa shape index (κ2) is 4.81. The van der Waals surface area contributed by atoms with Crippen molar-refractivity contribution in [3.8, 4) is 11.1 Å². The van der Waals surface area contributed by atoms with Crippen LogP contribution in [0.2, 0.25) is 0 Å². The number of benzene rings is 3. The van der Waals surface area contributed by atoms with Crippen LogP contribution in [0.25, 0.3) is 21.9 Å². The summed E-state index contributed by atoms with van der Waals surface area (Å²) in [5.74, 6) is 0. The summed E-state index contributed by atoms with van der Waals surface area (Å²) < 4.78 is 38.3. The lowest BCUT2D eigenvalue weighted by molar-refractivity contribution is -0.137. The second-order valence-corrected chi connectivity index (χ2v) is 4.90. The number of nitrogens with two attached hydrogens (primary N) is 1. The van der Waals surface area contributed by atoms with Gasteiger partial charge in [-0.05, 0) is 52.2 Å². The first-order valence-electron chi connectivity index (χ1n) is 6.40. The first-order valence-corrected chi connectivity index (χ1v) is 6.40. The molecular weight excluding hydrogens is 275 g/mol. The van der Waals surface area contributed by atoms with Crippen LogP contribution in [-0.4, -0.2) is 0 Å². The topological polar surface area (TPSA) is 26.0 Å². The van der Waals surface area contributed by atoms with Crippen molar-refractivity contribution in [3.05, 3.63) is 66.2 Å². The molecule has 0 aromatic heterocycles. The maximum absolute atomic E-state index is 12.8. The molecule has 0 fully saturated rings. The standard InChI is InChI=1S/C17H12F3N/c18-17(19,20)15-3-1-2-11(9-15)12-4-5-14-10-16(21)7-6-13(14)8-12/h1-10H,21H2. The van der Waals surface area contributed by atoms with Crippen molar-refractivity contribution in [1.29, 1.82) is 0 Å². The van der Waals surface area contributed by atoms with Crippen molar-refractivity contribution < 1.29 is 13.2 Å². The van der Waals surface area contributed by atoms with Gasteiger partial charge in [-0.2, -0.15) is 13.2 Å². The molecule has 0 aliphatic rings. The molecular formula is C17H12F3N. The van der Waals surface area contributed by atoms with E-state index in [-0.39, 0.29) is 0 Å². The van der Waals surface area contributed by atoms with Crippen LogP contribution in [0.5, 0.6) is 0 Å². The number of nitrogen functional groups attached to an aromatic ring is 1. The van der Waals surface area contributed by atoms with Crippen molar-refractivity contribution >= 4 is 16.5 Å². The summed E-state index contributed by atoms with van der Waals surface area (Å²) in [6, 6.07) is 16.3. The zero-order valence-electron chi connectivity index (χ0n) is 11.0. The Kier molecular flexibility index (Phi) is 3.09. The Hall–Kier alpha value is -2.49. The van der Waals surface area contributed by atoms with Crippen LogP contribution in [0.3, 0.4) is 0 Å². The molecule has 0 aliphatic heterocycles. The Balaban J connectivity index is 2.10. The monoisotopic (exact) mass is 287 g/mol. The molecule has 0 radical (unpaired) electrons. The summed E-state index contributed by atoms with van der Waals surface area (Å²) in [5.41, 5.74) is 7.03. The van der Waals surface area contributed by atoms with Gasteiger partial charge in [0.05, 0.1) is 5.56 Å². The van der Waals surface area contributed by atoms with E-state index in [1.165, 1.54) is 12.1 Å². The Bertz CT molecular complexity index is 806. The first kappa shape index (κ1) is 13.5. The molecule has 0 amide bonds. The maximum atomic E-state index is 12.8. The third-order valence-electron chi connectivity index (χ3n) is 3.39. The second-order valence-electron chi connectivity index (χ2n) is 4.90. The van der Waals surface area contributed by atoms with Crippen molar-refractivity contribution in [2.45, 2.75) is 6.18 Å². The van der Waals surface area contributed by atoms with E-state index in [1.54, 1.807) is 18.2 Å². The molecule has 0 saturated carbocycles. The van der Waals surface area contributed by atoms with Crippen LogP contribution in [-0.2, 0) is 6.18 Å². The average Bonchev–Trinajstić information content (AvgIpc) is 2.46. The molecule has 3 rings (SSSR count). The van der Waals surface area contributed by atoms with Crippen LogP contribution in [0.4, 0.5) is 18.9 Å². The molecule has 0 saturated heterocycles. The van der Waals surface area contributed by atoms with E-state index in [9.17, 15) is 13.2 Å². The number of hydrogen-bond acceptors (Lipinski definition) is 1. The van der Waals surface area contributed by atoms with Gasteiger partial charge >= 0.3 is 6.18 Å². The number of rotatable bonds is 1.